The van der Waals surface area contributed by atoms with Gasteiger partial charge in [0.1, 0.15) is 0 Å². The third-order valence-corrected chi connectivity index (χ3v) is 3.61. The molecule has 1 heterocycles. The van der Waals surface area contributed by atoms with Gasteiger partial charge in [-0.05, 0) is 30.5 Å². The number of aryl methyl sites for hydroxylation is 1. The Morgan fingerprint density at radius 3 is 2.75 bits per heavy atom. The van der Waals surface area contributed by atoms with E-state index in [9.17, 15) is 9.59 Å². The molecule has 1 aliphatic rings. The molecule has 0 aromatic heterocycles. The van der Waals surface area contributed by atoms with Crippen molar-refractivity contribution in [1.82, 2.24) is 10.2 Å². The first kappa shape index (κ1) is 14.4. The number of nitrogens with two attached hydrogens (primary N) is 1. The van der Waals surface area contributed by atoms with Crippen molar-refractivity contribution in [3.05, 3.63) is 29.8 Å². The molecule has 1 saturated heterocycles. The average molecular weight is 275 g/mol. The minimum atomic E-state index is 0.0366. The molecular formula is C15H21N3O2. The number of amides is 2. The fourth-order valence-corrected chi connectivity index (χ4v) is 2.37. The molecule has 20 heavy (non-hydrogen) atoms. The maximum atomic E-state index is 11.9. The molecule has 1 aromatic carbocycles. The summed E-state index contributed by atoms with van der Waals surface area (Å²) in [5.74, 6) is 0.187. The number of likely N-dealkylation sites (tertiary alicyclic amines) is 1. The highest BCUT2D eigenvalue weighted by molar-refractivity contribution is 5.79. The van der Waals surface area contributed by atoms with Gasteiger partial charge in [-0.3, -0.25) is 9.59 Å². The van der Waals surface area contributed by atoms with Gasteiger partial charge in [0, 0.05) is 38.2 Å². The lowest BCUT2D eigenvalue weighted by Crippen LogP contribution is -2.48. The van der Waals surface area contributed by atoms with Crippen molar-refractivity contribution in [2.45, 2.75) is 31.7 Å². The highest BCUT2D eigenvalue weighted by Gasteiger charge is 2.23. The van der Waals surface area contributed by atoms with E-state index in [2.05, 4.69) is 5.32 Å². The Morgan fingerprint density at radius 1 is 1.40 bits per heavy atom. The molecule has 0 spiro atoms. The summed E-state index contributed by atoms with van der Waals surface area (Å²) in [5, 5.41) is 2.99. The Morgan fingerprint density at radius 2 is 2.10 bits per heavy atom. The second-order valence-corrected chi connectivity index (χ2v) is 5.32. The lowest BCUT2D eigenvalue weighted by Gasteiger charge is -2.30. The quantitative estimate of drug-likeness (QED) is 0.803. The Balaban J connectivity index is 1.75. The summed E-state index contributed by atoms with van der Waals surface area (Å²) < 4.78 is 0. The molecule has 0 saturated carbocycles. The summed E-state index contributed by atoms with van der Waals surface area (Å²) >= 11 is 0. The third-order valence-electron chi connectivity index (χ3n) is 3.61. The summed E-state index contributed by atoms with van der Waals surface area (Å²) in [7, 11) is 1.77. The number of nitrogen functional groups attached to an aromatic ring is 1. The van der Waals surface area contributed by atoms with Crippen molar-refractivity contribution < 1.29 is 9.59 Å². The van der Waals surface area contributed by atoms with E-state index < -0.39 is 0 Å². The average Bonchev–Trinajstić information content (AvgIpc) is 2.42. The molecule has 2 rings (SSSR count). The number of rotatable bonds is 4. The molecule has 108 valence electrons. The van der Waals surface area contributed by atoms with Gasteiger partial charge in [0.2, 0.25) is 11.8 Å². The first-order valence-electron chi connectivity index (χ1n) is 6.92. The molecule has 1 unspecified atom stereocenters. The fraction of sp³-hybridized carbons (Fsp3) is 0.467. The van der Waals surface area contributed by atoms with Crippen LogP contribution < -0.4 is 11.1 Å². The van der Waals surface area contributed by atoms with Crippen LogP contribution in [0.2, 0.25) is 0 Å². The van der Waals surface area contributed by atoms with Crippen LogP contribution in [-0.2, 0) is 16.0 Å². The minimum absolute atomic E-state index is 0.0366. The number of anilines is 1. The zero-order chi connectivity index (χ0) is 14.5. The maximum absolute atomic E-state index is 11.9. The highest BCUT2D eigenvalue weighted by atomic mass is 16.2. The lowest BCUT2D eigenvalue weighted by molar-refractivity contribution is -0.134. The normalized spacial score (nSPS) is 18.9. The van der Waals surface area contributed by atoms with Crippen LogP contribution in [0.3, 0.4) is 0 Å². The molecule has 1 aliphatic heterocycles. The van der Waals surface area contributed by atoms with Gasteiger partial charge in [0.25, 0.3) is 0 Å². The smallest absolute Gasteiger partial charge is 0.222 e. The number of hydrogen-bond acceptors (Lipinski definition) is 3. The first-order valence-corrected chi connectivity index (χ1v) is 6.92. The van der Waals surface area contributed by atoms with Gasteiger partial charge in [-0.25, -0.2) is 0 Å². The number of carbonyl (C=O) groups is 2. The molecule has 5 heteroatoms. The summed E-state index contributed by atoms with van der Waals surface area (Å²) in [6.45, 7) is 0.604. The number of benzene rings is 1. The Labute approximate surface area is 119 Å². The Bertz CT molecular complexity index is 484. The molecule has 1 fully saturated rings. The van der Waals surface area contributed by atoms with Crippen LogP contribution in [0.5, 0.6) is 0 Å². The summed E-state index contributed by atoms with van der Waals surface area (Å²) in [6.07, 6.45) is 2.40. The number of nitrogens with zero attached hydrogens (tertiary/aromatic N) is 1. The molecule has 3 N–H and O–H groups in total. The van der Waals surface area contributed by atoms with Crippen LogP contribution in [-0.4, -0.2) is 36.3 Å². The van der Waals surface area contributed by atoms with Crippen LogP contribution in [0.4, 0.5) is 5.69 Å². The predicted molar refractivity (Wildman–Crippen MR) is 78.0 cm³/mol. The molecule has 0 aliphatic carbocycles. The highest BCUT2D eigenvalue weighted by Crippen LogP contribution is 2.11. The zero-order valence-electron chi connectivity index (χ0n) is 11.8. The van der Waals surface area contributed by atoms with Crippen molar-refractivity contribution in [1.29, 1.82) is 0 Å². The zero-order valence-corrected chi connectivity index (χ0v) is 11.8. The largest absolute Gasteiger partial charge is 0.399 e. The monoisotopic (exact) mass is 275 g/mol. The topological polar surface area (TPSA) is 75.4 Å². The summed E-state index contributed by atoms with van der Waals surface area (Å²) in [4.78, 5) is 24.9. The van der Waals surface area contributed by atoms with Crippen molar-refractivity contribution in [3.63, 3.8) is 0 Å². The van der Waals surface area contributed by atoms with Gasteiger partial charge >= 0.3 is 0 Å². The van der Waals surface area contributed by atoms with Crippen LogP contribution in [0.1, 0.15) is 24.8 Å². The molecular weight excluding hydrogens is 254 g/mol. The van der Waals surface area contributed by atoms with Crippen molar-refractivity contribution in [3.8, 4) is 0 Å². The fourth-order valence-electron chi connectivity index (χ4n) is 2.37. The number of piperidine rings is 1. The van der Waals surface area contributed by atoms with E-state index in [4.69, 9.17) is 5.73 Å². The Kier molecular flexibility index (Phi) is 4.61. The van der Waals surface area contributed by atoms with Gasteiger partial charge in [-0.2, -0.15) is 0 Å². The SMILES string of the molecule is CN1CC(NC(=O)CCc2ccc(N)cc2)CCC1=O. The second-order valence-electron chi connectivity index (χ2n) is 5.32. The van der Waals surface area contributed by atoms with Gasteiger partial charge < -0.3 is 16.0 Å². The van der Waals surface area contributed by atoms with Gasteiger partial charge in [-0.1, -0.05) is 12.1 Å². The van der Waals surface area contributed by atoms with Crippen LogP contribution in [0.25, 0.3) is 0 Å². The van der Waals surface area contributed by atoms with Crippen LogP contribution in [0.15, 0.2) is 24.3 Å². The van der Waals surface area contributed by atoms with Gasteiger partial charge in [-0.15, -0.1) is 0 Å². The Hall–Kier alpha value is -2.04. The summed E-state index contributed by atoms with van der Waals surface area (Å²) in [6, 6.07) is 7.64. The number of likely N-dealkylation sites (N-methyl/N-ethyl adjacent to an activating group) is 1. The molecule has 1 atom stereocenters. The van der Waals surface area contributed by atoms with Gasteiger partial charge in [0.05, 0.1) is 0 Å². The van der Waals surface area contributed by atoms with E-state index in [1.165, 1.54) is 0 Å². The molecule has 2 amide bonds. The number of carbonyl (C=O) groups excluding carboxylic acids is 2. The van der Waals surface area contributed by atoms with E-state index >= 15 is 0 Å². The first-order chi connectivity index (χ1) is 9.54. The maximum Gasteiger partial charge on any atom is 0.222 e. The van der Waals surface area contributed by atoms with E-state index in [-0.39, 0.29) is 17.9 Å². The second kappa shape index (κ2) is 6.41. The standard InChI is InChI=1S/C15H21N3O2/c1-18-10-13(7-9-15(18)20)17-14(19)8-4-11-2-5-12(16)6-3-11/h2-3,5-6,13H,4,7-10,16H2,1H3,(H,17,19). The predicted octanol–water partition coefficient (Wildman–Crippen LogP) is 0.938. The minimum Gasteiger partial charge on any atom is -0.399 e. The van der Waals surface area contributed by atoms with E-state index in [1.54, 1.807) is 11.9 Å². The lowest BCUT2D eigenvalue weighted by atomic mass is 10.0. The molecule has 0 bridgehead atoms. The van der Waals surface area contributed by atoms with Crippen LogP contribution >= 0.6 is 0 Å². The van der Waals surface area contributed by atoms with Crippen LogP contribution in [0, 0.1) is 0 Å². The van der Waals surface area contributed by atoms with E-state index in [0.717, 1.165) is 17.7 Å². The molecule has 0 radical (unpaired) electrons. The summed E-state index contributed by atoms with van der Waals surface area (Å²) in [5.41, 5.74) is 7.45. The number of hydrogen-bond donors (Lipinski definition) is 2. The van der Waals surface area contributed by atoms with Crippen molar-refractivity contribution in [2.24, 2.45) is 0 Å². The van der Waals surface area contributed by atoms with Crippen molar-refractivity contribution in [2.75, 3.05) is 19.3 Å². The molecule has 5 nitrogen and oxygen atoms in total. The van der Waals surface area contributed by atoms with Gasteiger partial charge in [0.15, 0.2) is 0 Å². The van der Waals surface area contributed by atoms with Crippen molar-refractivity contribution >= 4 is 17.5 Å². The van der Waals surface area contributed by atoms with E-state index in [1.807, 2.05) is 24.3 Å². The van der Waals surface area contributed by atoms with E-state index in [0.29, 0.717) is 25.8 Å². The number of nitrogens with one attached hydrogen (secondary N) is 1. The third kappa shape index (κ3) is 3.98. The molecule has 1 aromatic rings.